The first kappa shape index (κ1) is 11.9. The van der Waals surface area contributed by atoms with E-state index in [0.29, 0.717) is 0 Å². The lowest BCUT2D eigenvalue weighted by Crippen LogP contribution is -2.49. The van der Waals surface area contributed by atoms with Gasteiger partial charge >= 0.3 is 0 Å². The molecule has 0 aliphatic carbocycles. The average molecular weight is 234 g/mol. The minimum atomic E-state index is -0.204. The zero-order valence-electron chi connectivity index (χ0n) is 10.4. The number of amides is 1. The molecule has 2 N–H and O–H groups in total. The number of hydrogen-bond donors (Lipinski definition) is 2. The fourth-order valence-electron chi connectivity index (χ4n) is 2.15. The summed E-state index contributed by atoms with van der Waals surface area (Å²) < 4.78 is 0. The molecule has 1 aliphatic heterocycles. The van der Waals surface area contributed by atoms with Crippen LogP contribution in [-0.2, 0) is 11.4 Å². The van der Waals surface area contributed by atoms with E-state index < -0.39 is 0 Å². The lowest BCUT2D eigenvalue weighted by molar-refractivity contribution is -0.119. The smallest absolute Gasteiger partial charge is 0.249 e. The minimum absolute atomic E-state index is 0.0110. The molecule has 1 aromatic rings. The van der Waals surface area contributed by atoms with Gasteiger partial charge in [-0.1, -0.05) is 6.07 Å². The normalized spacial score (nSPS) is 19.2. The van der Waals surface area contributed by atoms with Crippen LogP contribution in [0.15, 0.2) is 18.2 Å². The molecule has 1 heterocycles. The number of aliphatic hydroxyl groups excluding tert-OH is 1. The maximum atomic E-state index is 12.1. The van der Waals surface area contributed by atoms with Crippen LogP contribution in [0.2, 0.25) is 0 Å². The Kier molecular flexibility index (Phi) is 3.07. The predicted octanol–water partition coefficient (Wildman–Crippen LogP) is 1.73. The van der Waals surface area contributed by atoms with Crippen LogP contribution in [0.5, 0.6) is 0 Å². The Morgan fingerprint density at radius 1 is 1.47 bits per heavy atom. The highest BCUT2D eigenvalue weighted by molar-refractivity contribution is 6.05. The van der Waals surface area contributed by atoms with Crippen molar-refractivity contribution in [3.05, 3.63) is 23.8 Å². The van der Waals surface area contributed by atoms with Crippen molar-refractivity contribution < 1.29 is 9.90 Å². The summed E-state index contributed by atoms with van der Waals surface area (Å²) in [5, 5.41) is 12.3. The largest absolute Gasteiger partial charge is 0.392 e. The molecule has 4 nitrogen and oxygen atoms in total. The Labute approximate surface area is 101 Å². The summed E-state index contributed by atoms with van der Waals surface area (Å²) >= 11 is 0. The molecule has 1 amide bonds. The Bertz CT molecular complexity index is 443. The van der Waals surface area contributed by atoms with E-state index in [1.54, 1.807) is 4.90 Å². The molecule has 2 rings (SSSR count). The van der Waals surface area contributed by atoms with E-state index in [1.807, 2.05) is 39.0 Å². The molecule has 0 saturated carbocycles. The molecule has 92 valence electrons. The third kappa shape index (κ3) is 2.00. The van der Waals surface area contributed by atoms with Crippen LogP contribution in [0.25, 0.3) is 0 Å². The first-order valence-corrected chi connectivity index (χ1v) is 5.88. The zero-order valence-corrected chi connectivity index (χ0v) is 10.4. The van der Waals surface area contributed by atoms with E-state index >= 15 is 0 Å². The first-order valence-electron chi connectivity index (χ1n) is 5.88. The lowest BCUT2D eigenvalue weighted by Gasteiger charge is -2.36. The molecule has 1 unspecified atom stereocenters. The monoisotopic (exact) mass is 234 g/mol. The van der Waals surface area contributed by atoms with E-state index in [0.717, 1.165) is 16.9 Å². The van der Waals surface area contributed by atoms with Gasteiger partial charge in [-0.15, -0.1) is 0 Å². The average Bonchev–Trinajstić information content (AvgIpc) is 2.29. The molecule has 4 heteroatoms. The van der Waals surface area contributed by atoms with Crippen molar-refractivity contribution in [2.75, 3.05) is 10.2 Å². The number of carbonyl (C=O) groups excluding carboxylic acids is 1. The third-order valence-electron chi connectivity index (χ3n) is 3.00. The number of rotatable bonds is 2. The highest BCUT2D eigenvalue weighted by Crippen LogP contribution is 2.33. The van der Waals surface area contributed by atoms with Crippen molar-refractivity contribution in [2.24, 2.45) is 0 Å². The number of aliphatic hydroxyl groups is 1. The molecule has 1 aromatic carbocycles. The molecule has 0 saturated heterocycles. The van der Waals surface area contributed by atoms with Crippen LogP contribution in [0.4, 0.5) is 11.4 Å². The van der Waals surface area contributed by atoms with Crippen LogP contribution < -0.4 is 10.2 Å². The van der Waals surface area contributed by atoms with Crippen LogP contribution in [0.1, 0.15) is 26.3 Å². The molecule has 0 bridgehead atoms. The second kappa shape index (κ2) is 4.37. The summed E-state index contributed by atoms with van der Waals surface area (Å²) in [6.45, 7) is 5.83. The highest BCUT2D eigenvalue weighted by Gasteiger charge is 2.31. The molecule has 0 aromatic heterocycles. The number of hydrogen-bond acceptors (Lipinski definition) is 3. The molecular weight excluding hydrogens is 216 g/mol. The fraction of sp³-hybridized carbons (Fsp3) is 0.462. The van der Waals surface area contributed by atoms with Crippen molar-refractivity contribution in [3.63, 3.8) is 0 Å². The van der Waals surface area contributed by atoms with Gasteiger partial charge in [0, 0.05) is 6.04 Å². The van der Waals surface area contributed by atoms with Gasteiger partial charge in [0.05, 0.1) is 18.0 Å². The SMILES string of the molecule is CC1Nc2ccc(CO)cc2N(C(C)C)C1=O. The summed E-state index contributed by atoms with van der Waals surface area (Å²) in [7, 11) is 0. The minimum Gasteiger partial charge on any atom is -0.392 e. The Morgan fingerprint density at radius 2 is 2.18 bits per heavy atom. The molecule has 0 spiro atoms. The standard InChI is InChI=1S/C13H18N2O2/c1-8(2)15-12-6-10(7-16)4-5-11(12)14-9(3)13(15)17/h4-6,8-9,14,16H,7H2,1-3H3. The van der Waals surface area contributed by atoms with Gasteiger partial charge in [0.1, 0.15) is 6.04 Å². The number of fused-ring (bicyclic) bond motifs is 1. The highest BCUT2D eigenvalue weighted by atomic mass is 16.3. The molecule has 1 aliphatic rings. The van der Waals surface area contributed by atoms with E-state index in [4.69, 9.17) is 5.11 Å². The molecule has 17 heavy (non-hydrogen) atoms. The van der Waals surface area contributed by atoms with E-state index in [2.05, 4.69) is 5.32 Å². The third-order valence-corrected chi connectivity index (χ3v) is 3.00. The van der Waals surface area contributed by atoms with Crippen molar-refractivity contribution in [3.8, 4) is 0 Å². The summed E-state index contributed by atoms with van der Waals surface area (Å²) in [6.07, 6.45) is 0. The summed E-state index contributed by atoms with van der Waals surface area (Å²) in [6, 6.07) is 5.56. The van der Waals surface area contributed by atoms with Crippen molar-refractivity contribution in [1.82, 2.24) is 0 Å². The number of anilines is 2. The van der Waals surface area contributed by atoms with Crippen molar-refractivity contribution in [2.45, 2.75) is 39.5 Å². The number of carbonyl (C=O) groups is 1. The lowest BCUT2D eigenvalue weighted by atomic mass is 10.1. The number of benzene rings is 1. The molecule has 0 radical (unpaired) electrons. The van der Waals surface area contributed by atoms with Crippen molar-refractivity contribution >= 4 is 17.3 Å². The van der Waals surface area contributed by atoms with Gasteiger partial charge in [0.2, 0.25) is 5.91 Å². The van der Waals surface area contributed by atoms with Crippen LogP contribution in [-0.4, -0.2) is 23.1 Å². The van der Waals surface area contributed by atoms with Gasteiger partial charge in [-0.05, 0) is 38.5 Å². The predicted molar refractivity (Wildman–Crippen MR) is 68.1 cm³/mol. The van der Waals surface area contributed by atoms with Crippen LogP contribution >= 0.6 is 0 Å². The van der Waals surface area contributed by atoms with Gasteiger partial charge < -0.3 is 15.3 Å². The summed E-state index contributed by atoms with van der Waals surface area (Å²) in [4.78, 5) is 13.9. The van der Waals surface area contributed by atoms with E-state index in [-0.39, 0.29) is 24.6 Å². The van der Waals surface area contributed by atoms with Gasteiger partial charge in [-0.25, -0.2) is 0 Å². The number of nitrogens with one attached hydrogen (secondary N) is 1. The van der Waals surface area contributed by atoms with Gasteiger partial charge in [-0.3, -0.25) is 4.79 Å². The Morgan fingerprint density at radius 3 is 2.76 bits per heavy atom. The fourth-order valence-corrected chi connectivity index (χ4v) is 2.15. The van der Waals surface area contributed by atoms with E-state index in [1.165, 1.54) is 0 Å². The summed E-state index contributed by atoms with van der Waals surface area (Å²) in [5.74, 6) is 0.0718. The molecular formula is C13H18N2O2. The zero-order chi connectivity index (χ0) is 12.6. The topological polar surface area (TPSA) is 52.6 Å². The van der Waals surface area contributed by atoms with Crippen LogP contribution in [0.3, 0.4) is 0 Å². The summed E-state index contributed by atoms with van der Waals surface area (Å²) in [5.41, 5.74) is 2.62. The molecule has 0 fully saturated rings. The number of nitrogens with zero attached hydrogens (tertiary/aromatic N) is 1. The van der Waals surface area contributed by atoms with Gasteiger partial charge in [0.25, 0.3) is 0 Å². The quantitative estimate of drug-likeness (QED) is 0.819. The van der Waals surface area contributed by atoms with Crippen LogP contribution in [0, 0.1) is 0 Å². The van der Waals surface area contributed by atoms with Gasteiger partial charge in [0.15, 0.2) is 0 Å². The van der Waals surface area contributed by atoms with Gasteiger partial charge in [-0.2, -0.15) is 0 Å². The van der Waals surface area contributed by atoms with Crippen molar-refractivity contribution in [1.29, 1.82) is 0 Å². The first-order chi connectivity index (χ1) is 8.04. The maximum absolute atomic E-state index is 12.1. The second-order valence-electron chi connectivity index (χ2n) is 4.68. The maximum Gasteiger partial charge on any atom is 0.249 e. The second-order valence-corrected chi connectivity index (χ2v) is 4.68. The Balaban J connectivity index is 2.51. The molecule has 1 atom stereocenters. The van der Waals surface area contributed by atoms with E-state index in [9.17, 15) is 4.79 Å². The Hall–Kier alpha value is -1.55.